The number of aromatic carboxylic acids is 1. The molecule has 0 aromatic carbocycles. The highest BCUT2D eigenvalue weighted by Crippen LogP contribution is 2.08. The molecule has 0 radical (unpaired) electrons. The summed E-state index contributed by atoms with van der Waals surface area (Å²) in [5.41, 5.74) is 5.94. The summed E-state index contributed by atoms with van der Waals surface area (Å²) in [5, 5.41) is 16.5. The van der Waals surface area contributed by atoms with Crippen LogP contribution >= 0.6 is 0 Å². The molecule has 1 aromatic rings. The average molecular weight is 297 g/mol. The summed E-state index contributed by atoms with van der Waals surface area (Å²) >= 11 is 0. The van der Waals surface area contributed by atoms with E-state index in [-0.39, 0.29) is 11.6 Å². The molecule has 1 aromatic heterocycles. The SMILES string of the molecule is CCN(CC)C(=O)CCCn1nnc(C(=O)O)c1CCN. The molecule has 0 atom stereocenters. The quantitative estimate of drug-likeness (QED) is 0.669. The third kappa shape index (κ3) is 4.52. The Hall–Kier alpha value is -1.96. The molecule has 1 rings (SSSR count). The van der Waals surface area contributed by atoms with Gasteiger partial charge in [0.1, 0.15) is 0 Å². The van der Waals surface area contributed by atoms with Crippen molar-refractivity contribution >= 4 is 11.9 Å². The van der Waals surface area contributed by atoms with Crippen LogP contribution in [0.5, 0.6) is 0 Å². The Labute approximate surface area is 123 Å². The molecule has 0 aliphatic heterocycles. The maximum absolute atomic E-state index is 11.9. The molecule has 0 aliphatic carbocycles. The summed E-state index contributed by atoms with van der Waals surface area (Å²) in [5.74, 6) is -1.01. The second-order valence-electron chi connectivity index (χ2n) is 4.62. The minimum Gasteiger partial charge on any atom is -0.476 e. The molecule has 8 heteroatoms. The molecule has 0 saturated heterocycles. The topological polar surface area (TPSA) is 114 Å². The van der Waals surface area contributed by atoms with Crippen LogP contribution in [0, 0.1) is 0 Å². The number of nitrogens with two attached hydrogens (primary N) is 1. The monoisotopic (exact) mass is 297 g/mol. The third-order valence-corrected chi connectivity index (χ3v) is 3.30. The second kappa shape index (κ2) is 8.35. The minimum atomic E-state index is -1.11. The first-order chi connectivity index (χ1) is 10.0. The van der Waals surface area contributed by atoms with Crippen LogP contribution in [0.15, 0.2) is 0 Å². The van der Waals surface area contributed by atoms with Crippen molar-refractivity contribution in [2.45, 2.75) is 39.7 Å². The number of rotatable bonds is 9. The summed E-state index contributed by atoms with van der Waals surface area (Å²) in [4.78, 5) is 24.7. The molecule has 3 N–H and O–H groups in total. The Morgan fingerprint density at radius 2 is 2.00 bits per heavy atom. The third-order valence-electron chi connectivity index (χ3n) is 3.30. The van der Waals surface area contributed by atoms with Crippen LogP contribution in [-0.4, -0.2) is 56.5 Å². The fraction of sp³-hybridized carbons (Fsp3) is 0.692. The van der Waals surface area contributed by atoms with Crippen molar-refractivity contribution in [3.63, 3.8) is 0 Å². The van der Waals surface area contributed by atoms with E-state index in [2.05, 4.69) is 10.3 Å². The van der Waals surface area contributed by atoms with Crippen molar-refractivity contribution in [3.05, 3.63) is 11.4 Å². The molecule has 0 saturated carbocycles. The molecular weight excluding hydrogens is 274 g/mol. The molecule has 0 fully saturated rings. The van der Waals surface area contributed by atoms with Crippen LogP contribution in [0.4, 0.5) is 0 Å². The summed E-state index contributed by atoms with van der Waals surface area (Å²) in [6.07, 6.45) is 1.40. The van der Waals surface area contributed by atoms with E-state index >= 15 is 0 Å². The lowest BCUT2D eigenvalue weighted by molar-refractivity contribution is -0.130. The standard InChI is InChI=1S/C13H23N5O3/c1-3-17(4-2)11(19)6-5-9-18-10(7-8-14)12(13(20)21)15-16-18/h3-9,14H2,1-2H3,(H,20,21). The number of aryl methyl sites for hydroxylation is 1. The zero-order valence-electron chi connectivity index (χ0n) is 12.6. The van der Waals surface area contributed by atoms with Gasteiger partial charge in [-0.15, -0.1) is 5.10 Å². The number of amides is 1. The molecule has 1 amide bonds. The number of hydrogen-bond acceptors (Lipinski definition) is 5. The highest BCUT2D eigenvalue weighted by Gasteiger charge is 2.18. The molecule has 118 valence electrons. The Bertz CT molecular complexity index is 482. The van der Waals surface area contributed by atoms with Gasteiger partial charge in [0, 0.05) is 32.5 Å². The van der Waals surface area contributed by atoms with Gasteiger partial charge in [0.15, 0.2) is 5.69 Å². The molecule has 0 bridgehead atoms. The van der Waals surface area contributed by atoms with Gasteiger partial charge in [0.05, 0.1) is 5.69 Å². The molecule has 0 spiro atoms. The van der Waals surface area contributed by atoms with E-state index in [4.69, 9.17) is 10.8 Å². The van der Waals surface area contributed by atoms with Gasteiger partial charge in [-0.3, -0.25) is 4.79 Å². The summed E-state index contributed by atoms with van der Waals surface area (Å²) in [6.45, 7) is 6.06. The highest BCUT2D eigenvalue weighted by molar-refractivity contribution is 5.86. The Morgan fingerprint density at radius 3 is 2.52 bits per heavy atom. The fourth-order valence-corrected chi connectivity index (χ4v) is 2.18. The van der Waals surface area contributed by atoms with Crippen molar-refractivity contribution in [1.29, 1.82) is 0 Å². The van der Waals surface area contributed by atoms with E-state index < -0.39 is 5.97 Å². The van der Waals surface area contributed by atoms with Crippen LogP contribution in [-0.2, 0) is 17.8 Å². The zero-order valence-corrected chi connectivity index (χ0v) is 12.6. The van der Waals surface area contributed by atoms with E-state index in [1.54, 1.807) is 4.90 Å². The average Bonchev–Trinajstić information content (AvgIpc) is 2.84. The maximum Gasteiger partial charge on any atom is 0.358 e. The second-order valence-corrected chi connectivity index (χ2v) is 4.62. The van der Waals surface area contributed by atoms with Crippen molar-refractivity contribution in [2.75, 3.05) is 19.6 Å². The van der Waals surface area contributed by atoms with Crippen LogP contribution in [0.3, 0.4) is 0 Å². The van der Waals surface area contributed by atoms with Gasteiger partial charge in [-0.1, -0.05) is 5.21 Å². The maximum atomic E-state index is 11.9. The van der Waals surface area contributed by atoms with E-state index in [0.717, 1.165) is 0 Å². The van der Waals surface area contributed by atoms with Gasteiger partial charge in [-0.2, -0.15) is 0 Å². The molecule has 1 heterocycles. The first kappa shape index (κ1) is 17.1. The van der Waals surface area contributed by atoms with Gasteiger partial charge in [0.25, 0.3) is 0 Å². The molecular formula is C13H23N5O3. The lowest BCUT2D eigenvalue weighted by Crippen LogP contribution is -2.30. The van der Waals surface area contributed by atoms with Crippen LogP contribution in [0.25, 0.3) is 0 Å². The van der Waals surface area contributed by atoms with Crippen molar-refractivity contribution in [2.24, 2.45) is 5.73 Å². The Morgan fingerprint density at radius 1 is 1.33 bits per heavy atom. The smallest absolute Gasteiger partial charge is 0.358 e. The van der Waals surface area contributed by atoms with Crippen LogP contribution in [0.1, 0.15) is 42.9 Å². The van der Waals surface area contributed by atoms with Crippen LogP contribution in [0.2, 0.25) is 0 Å². The number of hydrogen-bond donors (Lipinski definition) is 2. The summed E-state index contributed by atoms with van der Waals surface area (Å²) in [6, 6.07) is 0. The first-order valence-electron chi connectivity index (χ1n) is 7.18. The van der Waals surface area contributed by atoms with Crippen molar-refractivity contribution in [1.82, 2.24) is 19.9 Å². The molecule has 21 heavy (non-hydrogen) atoms. The normalized spacial score (nSPS) is 10.6. The Balaban J connectivity index is 2.63. The zero-order chi connectivity index (χ0) is 15.8. The molecule has 0 aliphatic rings. The number of carbonyl (C=O) groups excluding carboxylic acids is 1. The lowest BCUT2D eigenvalue weighted by Gasteiger charge is -2.18. The fourth-order valence-electron chi connectivity index (χ4n) is 2.18. The predicted molar refractivity (Wildman–Crippen MR) is 76.9 cm³/mol. The first-order valence-corrected chi connectivity index (χ1v) is 7.18. The number of carboxylic acid groups (broad SMARTS) is 1. The molecule has 8 nitrogen and oxygen atoms in total. The number of carbonyl (C=O) groups is 2. The van der Waals surface area contributed by atoms with Gasteiger partial charge in [0.2, 0.25) is 5.91 Å². The highest BCUT2D eigenvalue weighted by atomic mass is 16.4. The number of carboxylic acids is 1. The molecule has 0 unspecified atom stereocenters. The predicted octanol–water partition coefficient (Wildman–Crippen LogP) is 0.126. The summed E-state index contributed by atoms with van der Waals surface area (Å²) < 4.78 is 1.53. The number of aromatic nitrogens is 3. The van der Waals surface area contributed by atoms with Gasteiger partial charge >= 0.3 is 5.97 Å². The van der Waals surface area contributed by atoms with E-state index in [9.17, 15) is 9.59 Å². The summed E-state index contributed by atoms with van der Waals surface area (Å²) in [7, 11) is 0. The van der Waals surface area contributed by atoms with Gasteiger partial charge in [-0.05, 0) is 26.8 Å². The van der Waals surface area contributed by atoms with Crippen molar-refractivity contribution < 1.29 is 14.7 Å². The Kier molecular flexibility index (Phi) is 6.80. The van der Waals surface area contributed by atoms with Gasteiger partial charge < -0.3 is 15.7 Å². The van der Waals surface area contributed by atoms with E-state index in [1.165, 1.54) is 4.68 Å². The van der Waals surface area contributed by atoms with Crippen molar-refractivity contribution in [3.8, 4) is 0 Å². The largest absolute Gasteiger partial charge is 0.476 e. The number of nitrogens with zero attached hydrogens (tertiary/aromatic N) is 4. The minimum absolute atomic E-state index is 0.0597. The van der Waals surface area contributed by atoms with E-state index in [0.29, 0.717) is 51.1 Å². The van der Waals surface area contributed by atoms with Gasteiger partial charge in [-0.25, -0.2) is 9.48 Å². The van der Waals surface area contributed by atoms with E-state index in [1.807, 2.05) is 13.8 Å². The lowest BCUT2D eigenvalue weighted by atomic mass is 10.2. The van der Waals surface area contributed by atoms with Crippen LogP contribution < -0.4 is 5.73 Å².